The molecule has 28 heavy (non-hydrogen) atoms. The molecule has 2 aromatic rings. The Labute approximate surface area is 173 Å². The maximum Gasteiger partial charge on any atom is 0.407 e. The molecular formula is C18H15BrClN5O3. The molecule has 3 aliphatic rings. The van der Waals surface area contributed by atoms with Crippen LogP contribution in [0, 0.1) is 11.3 Å². The largest absolute Gasteiger partial charge is 0.465 e. The van der Waals surface area contributed by atoms with Gasteiger partial charge in [0, 0.05) is 28.7 Å². The lowest BCUT2D eigenvalue weighted by Gasteiger charge is -2.34. The van der Waals surface area contributed by atoms with E-state index in [2.05, 4.69) is 36.9 Å². The van der Waals surface area contributed by atoms with Crippen molar-refractivity contribution >= 4 is 50.3 Å². The molecule has 4 heterocycles. The van der Waals surface area contributed by atoms with Crippen LogP contribution in [0.4, 0.5) is 10.6 Å². The molecule has 1 amide bonds. The first-order valence-corrected chi connectivity index (χ1v) is 10.1. The lowest BCUT2D eigenvalue weighted by molar-refractivity contribution is 0.0700. The summed E-state index contributed by atoms with van der Waals surface area (Å²) in [6.45, 7) is 1.40. The third kappa shape index (κ3) is 2.41. The average Bonchev–Trinajstić information content (AvgIpc) is 3.40. The van der Waals surface area contributed by atoms with Crippen LogP contribution in [0.3, 0.4) is 0 Å². The number of carboxylic acid groups (broad SMARTS) is 1. The first kappa shape index (κ1) is 17.9. The van der Waals surface area contributed by atoms with Gasteiger partial charge in [-0.15, -0.1) is 0 Å². The van der Waals surface area contributed by atoms with Crippen molar-refractivity contribution < 1.29 is 14.6 Å². The zero-order valence-corrected chi connectivity index (χ0v) is 16.9. The average molecular weight is 465 g/mol. The Morgan fingerprint density at radius 1 is 1.43 bits per heavy atom. The number of aromatic nitrogens is 2. The minimum absolute atomic E-state index is 0.0439. The number of ether oxygens (including phenoxy) is 1. The number of amides is 1. The number of benzene rings is 1. The molecule has 2 saturated heterocycles. The molecule has 10 heteroatoms. The van der Waals surface area contributed by atoms with Gasteiger partial charge in [-0.1, -0.05) is 11.6 Å². The van der Waals surface area contributed by atoms with E-state index in [9.17, 15) is 15.2 Å². The van der Waals surface area contributed by atoms with Crippen LogP contribution in [0.2, 0.25) is 5.02 Å². The van der Waals surface area contributed by atoms with Crippen molar-refractivity contribution in [3.8, 4) is 6.07 Å². The first-order valence-electron chi connectivity index (χ1n) is 8.90. The molecule has 5 rings (SSSR count). The van der Waals surface area contributed by atoms with Gasteiger partial charge in [0.1, 0.15) is 12.1 Å². The van der Waals surface area contributed by atoms with Crippen LogP contribution in [0.15, 0.2) is 10.8 Å². The highest BCUT2D eigenvalue weighted by atomic mass is 79.9. The number of carbonyl (C=O) groups is 1. The Balaban J connectivity index is 1.68. The highest BCUT2D eigenvalue weighted by Crippen LogP contribution is 2.48. The number of anilines is 1. The van der Waals surface area contributed by atoms with E-state index in [0.29, 0.717) is 30.2 Å². The van der Waals surface area contributed by atoms with E-state index in [4.69, 9.17) is 16.3 Å². The lowest BCUT2D eigenvalue weighted by atomic mass is 9.97. The fourth-order valence-corrected chi connectivity index (χ4v) is 5.46. The van der Waals surface area contributed by atoms with Gasteiger partial charge in [-0.2, -0.15) is 5.26 Å². The zero-order valence-electron chi connectivity index (χ0n) is 14.6. The Morgan fingerprint density at radius 2 is 2.25 bits per heavy atom. The van der Waals surface area contributed by atoms with Crippen LogP contribution in [-0.2, 0) is 11.3 Å². The number of hydrogen-bond acceptors (Lipinski definition) is 6. The summed E-state index contributed by atoms with van der Waals surface area (Å²) in [5, 5.41) is 19.9. The second kappa shape index (κ2) is 6.44. The maximum absolute atomic E-state index is 11.4. The minimum atomic E-state index is -0.880. The van der Waals surface area contributed by atoms with Gasteiger partial charge in [-0.3, -0.25) is 0 Å². The molecule has 0 saturated carbocycles. The van der Waals surface area contributed by atoms with Crippen molar-refractivity contribution in [2.24, 2.45) is 0 Å². The Kier molecular flexibility index (Phi) is 4.12. The molecule has 8 nitrogen and oxygen atoms in total. The van der Waals surface area contributed by atoms with Crippen molar-refractivity contribution in [2.45, 2.75) is 37.6 Å². The predicted octanol–water partition coefficient (Wildman–Crippen LogP) is 3.47. The van der Waals surface area contributed by atoms with Crippen molar-refractivity contribution in [2.75, 3.05) is 18.0 Å². The number of hydrogen-bond donors (Lipinski definition) is 1. The molecule has 2 bridgehead atoms. The smallest absolute Gasteiger partial charge is 0.407 e. The topological polar surface area (TPSA) is 103 Å². The monoisotopic (exact) mass is 463 g/mol. The molecule has 2 fully saturated rings. The van der Waals surface area contributed by atoms with Gasteiger partial charge in [-0.05, 0) is 22.4 Å². The highest BCUT2D eigenvalue weighted by Gasteiger charge is 2.47. The summed E-state index contributed by atoms with van der Waals surface area (Å²) < 4.78 is 6.60. The molecule has 0 aliphatic carbocycles. The summed E-state index contributed by atoms with van der Waals surface area (Å²) >= 11 is 10.1. The molecular weight excluding hydrogens is 450 g/mol. The van der Waals surface area contributed by atoms with Crippen LogP contribution in [0.5, 0.6) is 0 Å². The van der Waals surface area contributed by atoms with E-state index in [0.717, 1.165) is 33.2 Å². The SMILES string of the molecule is N#CCC1OCc2c(Br)c(Cl)c3ncnc(N4CC5CC4CN5C(=O)O)c3c21. The van der Waals surface area contributed by atoms with E-state index < -0.39 is 6.09 Å². The number of nitriles is 1. The number of halogens is 2. The predicted molar refractivity (Wildman–Crippen MR) is 104 cm³/mol. The number of piperazine rings is 1. The molecule has 1 N–H and O–H groups in total. The molecule has 3 unspecified atom stereocenters. The molecule has 3 aliphatic heterocycles. The molecule has 0 spiro atoms. The summed E-state index contributed by atoms with van der Waals surface area (Å²) in [6.07, 6.45) is 1.25. The second-order valence-corrected chi connectivity index (χ2v) is 8.40. The number of likely N-dealkylation sites (tertiary alicyclic amines) is 1. The summed E-state index contributed by atoms with van der Waals surface area (Å²) in [6, 6.07) is 2.20. The molecule has 0 radical (unpaired) electrons. The van der Waals surface area contributed by atoms with E-state index in [1.165, 1.54) is 11.2 Å². The van der Waals surface area contributed by atoms with Gasteiger partial charge < -0.3 is 19.6 Å². The van der Waals surface area contributed by atoms with Gasteiger partial charge in [0.25, 0.3) is 0 Å². The summed E-state index contributed by atoms with van der Waals surface area (Å²) in [4.78, 5) is 24.0. The summed E-state index contributed by atoms with van der Waals surface area (Å²) in [5.41, 5.74) is 2.44. The normalized spacial score (nSPS) is 25.4. The van der Waals surface area contributed by atoms with E-state index in [-0.39, 0.29) is 24.6 Å². The summed E-state index contributed by atoms with van der Waals surface area (Å²) in [7, 11) is 0. The van der Waals surface area contributed by atoms with Crippen molar-refractivity contribution in [1.82, 2.24) is 14.9 Å². The quantitative estimate of drug-likeness (QED) is 0.726. The van der Waals surface area contributed by atoms with Crippen LogP contribution < -0.4 is 4.90 Å². The third-order valence-corrected chi connectivity index (χ3v) is 7.34. The van der Waals surface area contributed by atoms with Crippen LogP contribution in [0.25, 0.3) is 10.9 Å². The Bertz CT molecular complexity index is 1060. The van der Waals surface area contributed by atoms with E-state index in [1.54, 1.807) is 0 Å². The number of fused-ring (bicyclic) bond motifs is 5. The van der Waals surface area contributed by atoms with Gasteiger partial charge in [-0.25, -0.2) is 14.8 Å². The van der Waals surface area contributed by atoms with E-state index in [1.807, 2.05) is 0 Å². The van der Waals surface area contributed by atoms with Crippen molar-refractivity contribution in [1.29, 1.82) is 5.26 Å². The molecule has 1 aromatic carbocycles. The van der Waals surface area contributed by atoms with Crippen LogP contribution in [-0.4, -0.2) is 51.2 Å². The molecule has 144 valence electrons. The second-order valence-electron chi connectivity index (χ2n) is 7.23. The first-order chi connectivity index (χ1) is 13.5. The van der Waals surface area contributed by atoms with Crippen LogP contribution in [0.1, 0.15) is 30.1 Å². The van der Waals surface area contributed by atoms with Gasteiger partial charge in [0.05, 0.1) is 53.2 Å². The number of rotatable bonds is 2. The Hall–Kier alpha value is -2.15. The molecule has 1 aromatic heterocycles. The van der Waals surface area contributed by atoms with E-state index >= 15 is 0 Å². The number of nitrogens with zero attached hydrogens (tertiary/aromatic N) is 5. The fourth-order valence-electron chi connectivity index (χ4n) is 4.68. The fraction of sp³-hybridized carbons (Fsp3) is 0.444. The zero-order chi connectivity index (χ0) is 19.6. The van der Waals surface area contributed by atoms with Crippen molar-refractivity contribution in [3.05, 3.63) is 26.9 Å². The summed E-state index contributed by atoms with van der Waals surface area (Å²) in [5.74, 6) is 0.738. The highest BCUT2D eigenvalue weighted by molar-refractivity contribution is 9.10. The van der Waals surface area contributed by atoms with Crippen molar-refractivity contribution in [3.63, 3.8) is 0 Å². The van der Waals surface area contributed by atoms with Gasteiger partial charge >= 0.3 is 6.09 Å². The Morgan fingerprint density at radius 3 is 2.93 bits per heavy atom. The van der Waals surface area contributed by atoms with Gasteiger partial charge in [0.15, 0.2) is 0 Å². The standard InChI is InChI=1S/C18H15BrClN5O3/c19-14-10-6-28-11(1-2-21)12(10)13-16(15(14)20)22-7-23-17(13)24-4-9-3-8(24)5-25(9)18(26)27/h7-9,11H,1,3-6H2,(H,26,27). The van der Waals surface area contributed by atoms with Gasteiger partial charge in [0.2, 0.25) is 0 Å². The third-order valence-electron chi connectivity index (χ3n) is 5.87. The maximum atomic E-state index is 11.4. The minimum Gasteiger partial charge on any atom is -0.465 e. The molecule has 3 atom stereocenters. The van der Waals surface area contributed by atoms with Crippen LogP contribution >= 0.6 is 27.5 Å². The lowest BCUT2D eigenvalue weighted by Crippen LogP contribution is -2.48.